The fourth-order valence-corrected chi connectivity index (χ4v) is 2.30. The summed E-state index contributed by atoms with van der Waals surface area (Å²) in [5.41, 5.74) is 0. The van der Waals surface area contributed by atoms with Crippen molar-refractivity contribution in [2.75, 3.05) is 20.3 Å². The van der Waals surface area contributed by atoms with Crippen molar-refractivity contribution in [1.29, 1.82) is 0 Å². The van der Waals surface area contributed by atoms with Crippen LogP contribution in [0.5, 0.6) is 0 Å². The molecule has 1 saturated heterocycles. The minimum atomic E-state index is 0.600. The smallest absolute Gasteiger partial charge is 0.0615 e. The molecule has 0 saturated carbocycles. The average molecular weight is 185 g/mol. The van der Waals surface area contributed by atoms with E-state index in [2.05, 4.69) is 19.2 Å². The van der Waals surface area contributed by atoms with Crippen LogP contribution < -0.4 is 5.32 Å². The van der Waals surface area contributed by atoms with E-state index in [0.717, 1.165) is 18.4 Å². The van der Waals surface area contributed by atoms with Gasteiger partial charge in [0.2, 0.25) is 0 Å². The van der Waals surface area contributed by atoms with Crippen molar-refractivity contribution in [2.24, 2.45) is 11.8 Å². The number of methoxy groups -OCH3 is 1. The van der Waals surface area contributed by atoms with Crippen LogP contribution in [0.3, 0.4) is 0 Å². The Balaban J connectivity index is 2.24. The van der Waals surface area contributed by atoms with Crippen LogP contribution in [0, 0.1) is 11.8 Å². The predicted octanol–water partition coefficient (Wildman–Crippen LogP) is 2.05. The van der Waals surface area contributed by atoms with E-state index >= 15 is 0 Å². The Morgan fingerprint density at radius 3 is 2.85 bits per heavy atom. The number of ether oxygens (including phenoxy) is 1. The highest BCUT2D eigenvalue weighted by Crippen LogP contribution is 2.23. The summed E-state index contributed by atoms with van der Waals surface area (Å²) in [5.74, 6) is 1.76. The zero-order valence-electron chi connectivity index (χ0n) is 9.18. The van der Waals surface area contributed by atoms with E-state index in [1.807, 2.05) is 0 Å². The first kappa shape index (κ1) is 11.0. The van der Waals surface area contributed by atoms with E-state index in [9.17, 15) is 0 Å². The van der Waals surface area contributed by atoms with Crippen molar-refractivity contribution in [1.82, 2.24) is 5.32 Å². The maximum atomic E-state index is 5.17. The molecule has 0 bridgehead atoms. The van der Waals surface area contributed by atoms with Crippen LogP contribution in [-0.4, -0.2) is 26.3 Å². The lowest BCUT2D eigenvalue weighted by atomic mass is 9.86. The molecule has 1 fully saturated rings. The summed E-state index contributed by atoms with van der Waals surface area (Å²) in [6.45, 7) is 6.67. The molecule has 2 unspecified atom stereocenters. The number of hydrogen-bond donors (Lipinski definition) is 1. The second-order valence-electron chi connectivity index (χ2n) is 4.63. The third-order valence-electron chi connectivity index (χ3n) is 2.78. The lowest BCUT2D eigenvalue weighted by Gasteiger charge is -2.30. The molecule has 78 valence electrons. The van der Waals surface area contributed by atoms with Gasteiger partial charge in [0.1, 0.15) is 0 Å². The van der Waals surface area contributed by atoms with Crippen LogP contribution >= 0.6 is 0 Å². The molecule has 1 N–H and O–H groups in total. The normalized spacial score (nSPS) is 29.5. The fourth-order valence-electron chi connectivity index (χ4n) is 2.30. The van der Waals surface area contributed by atoms with Crippen molar-refractivity contribution >= 4 is 0 Å². The molecule has 2 atom stereocenters. The van der Waals surface area contributed by atoms with Gasteiger partial charge in [-0.05, 0) is 37.6 Å². The van der Waals surface area contributed by atoms with Gasteiger partial charge in [0.25, 0.3) is 0 Å². The molecule has 0 aromatic rings. The average Bonchev–Trinajstić information content (AvgIpc) is 2.04. The summed E-state index contributed by atoms with van der Waals surface area (Å²) in [7, 11) is 1.79. The van der Waals surface area contributed by atoms with Crippen molar-refractivity contribution in [3.8, 4) is 0 Å². The van der Waals surface area contributed by atoms with Crippen molar-refractivity contribution in [3.63, 3.8) is 0 Å². The summed E-state index contributed by atoms with van der Waals surface area (Å²) in [5, 5.41) is 3.50. The summed E-state index contributed by atoms with van der Waals surface area (Å²) in [6.07, 6.45) is 4.02. The van der Waals surface area contributed by atoms with Gasteiger partial charge in [-0.15, -0.1) is 0 Å². The quantitative estimate of drug-likeness (QED) is 0.723. The van der Waals surface area contributed by atoms with Crippen LogP contribution in [0.15, 0.2) is 0 Å². The van der Waals surface area contributed by atoms with Gasteiger partial charge in [-0.2, -0.15) is 0 Å². The molecule has 0 aromatic heterocycles. The van der Waals surface area contributed by atoms with E-state index in [4.69, 9.17) is 4.74 Å². The Kier molecular flexibility index (Phi) is 4.74. The summed E-state index contributed by atoms with van der Waals surface area (Å²) < 4.78 is 5.17. The van der Waals surface area contributed by atoms with Gasteiger partial charge in [-0.1, -0.05) is 13.8 Å². The Bertz CT molecular complexity index is 134. The van der Waals surface area contributed by atoms with Gasteiger partial charge in [0.15, 0.2) is 0 Å². The minimum absolute atomic E-state index is 0.600. The number of nitrogens with one attached hydrogen (secondary N) is 1. The van der Waals surface area contributed by atoms with Crippen molar-refractivity contribution in [2.45, 2.75) is 39.2 Å². The first-order valence-corrected chi connectivity index (χ1v) is 5.44. The minimum Gasteiger partial charge on any atom is -0.383 e. The topological polar surface area (TPSA) is 21.3 Å². The Morgan fingerprint density at radius 1 is 1.46 bits per heavy atom. The predicted molar refractivity (Wildman–Crippen MR) is 55.8 cm³/mol. The van der Waals surface area contributed by atoms with Gasteiger partial charge < -0.3 is 10.1 Å². The molecule has 0 amide bonds. The molecule has 1 heterocycles. The maximum absolute atomic E-state index is 5.17. The first-order chi connectivity index (χ1) is 6.22. The highest BCUT2D eigenvalue weighted by atomic mass is 16.5. The summed E-state index contributed by atoms with van der Waals surface area (Å²) in [6, 6.07) is 0.600. The van der Waals surface area contributed by atoms with Crippen LogP contribution in [-0.2, 0) is 4.74 Å². The molecule has 1 aliphatic heterocycles. The summed E-state index contributed by atoms with van der Waals surface area (Å²) >= 11 is 0. The number of piperidine rings is 1. The van der Waals surface area contributed by atoms with E-state index < -0.39 is 0 Å². The van der Waals surface area contributed by atoms with E-state index in [0.29, 0.717) is 6.04 Å². The summed E-state index contributed by atoms with van der Waals surface area (Å²) in [4.78, 5) is 0. The zero-order valence-corrected chi connectivity index (χ0v) is 9.18. The Morgan fingerprint density at radius 2 is 2.23 bits per heavy atom. The standard InChI is InChI=1S/C11H23NO/c1-9(2)6-10-4-5-12-11(7-10)8-13-3/h9-12H,4-8H2,1-3H3. The molecule has 2 heteroatoms. The van der Waals surface area contributed by atoms with Crippen molar-refractivity contribution in [3.05, 3.63) is 0 Å². The van der Waals surface area contributed by atoms with Gasteiger partial charge in [-0.3, -0.25) is 0 Å². The second-order valence-corrected chi connectivity index (χ2v) is 4.63. The molecule has 0 aromatic carbocycles. The SMILES string of the molecule is COCC1CC(CC(C)C)CCN1. The van der Waals surface area contributed by atoms with Crippen LogP contribution in [0.2, 0.25) is 0 Å². The number of hydrogen-bond acceptors (Lipinski definition) is 2. The number of rotatable bonds is 4. The third-order valence-corrected chi connectivity index (χ3v) is 2.78. The molecule has 0 radical (unpaired) electrons. The first-order valence-electron chi connectivity index (χ1n) is 5.44. The molecular weight excluding hydrogens is 162 g/mol. The highest BCUT2D eigenvalue weighted by Gasteiger charge is 2.21. The van der Waals surface area contributed by atoms with Gasteiger partial charge in [0.05, 0.1) is 6.61 Å². The van der Waals surface area contributed by atoms with Crippen molar-refractivity contribution < 1.29 is 4.74 Å². The largest absolute Gasteiger partial charge is 0.383 e. The van der Waals surface area contributed by atoms with Gasteiger partial charge in [0, 0.05) is 13.2 Å². The molecule has 2 nitrogen and oxygen atoms in total. The Hall–Kier alpha value is -0.0800. The van der Waals surface area contributed by atoms with Crippen LogP contribution in [0.1, 0.15) is 33.1 Å². The second kappa shape index (κ2) is 5.61. The lowest BCUT2D eigenvalue weighted by molar-refractivity contribution is 0.134. The maximum Gasteiger partial charge on any atom is 0.0615 e. The monoisotopic (exact) mass is 185 g/mol. The fraction of sp³-hybridized carbons (Fsp3) is 1.00. The molecule has 0 spiro atoms. The molecule has 1 rings (SSSR count). The van der Waals surface area contributed by atoms with E-state index in [-0.39, 0.29) is 0 Å². The molecule has 1 aliphatic rings. The molecule has 13 heavy (non-hydrogen) atoms. The van der Waals surface area contributed by atoms with Gasteiger partial charge in [-0.25, -0.2) is 0 Å². The van der Waals surface area contributed by atoms with Crippen LogP contribution in [0.4, 0.5) is 0 Å². The van der Waals surface area contributed by atoms with E-state index in [1.165, 1.54) is 25.8 Å². The van der Waals surface area contributed by atoms with Crippen LogP contribution in [0.25, 0.3) is 0 Å². The van der Waals surface area contributed by atoms with Gasteiger partial charge >= 0.3 is 0 Å². The van der Waals surface area contributed by atoms with E-state index in [1.54, 1.807) is 7.11 Å². The lowest BCUT2D eigenvalue weighted by Crippen LogP contribution is -2.41. The molecule has 0 aliphatic carbocycles. The highest BCUT2D eigenvalue weighted by molar-refractivity contribution is 4.78. The zero-order chi connectivity index (χ0) is 9.68. The molecular formula is C11H23NO. The Labute approximate surface area is 82.0 Å². The third kappa shape index (κ3) is 4.10.